The third-order valence-corrected chi connectivity index (χ3v) is 4.38. The van der Waals surface area contributed by atoms with Gasteiger partial charge in [0.2, 0.25) is 0 Å². The number of aliphatic hydroxyl groups is 1. The van der Waals surface area contributed by atoms with E-state index in [2.05, 4.69) is 9.88 Å². The molecule has 1 N–H and O–H groups in total. The third kappa shape index (κ3) is 1.70. The molecule has 3 aliphatic heterocycles. The molecule has 0 aromatic carbocycles. The number of rotatable bonds is 2. The van der Waals surface area contributed by atoms with E-state index < -0.39 is 0 Å². The maximum absolute atomic E-state index is 11.3. The van der Waals surface area contributed by atoms with E-state index in [9.17, 15) is 9.90 Å². The van der Waals surface area contributed by atoms with Gasteiger partial charge in [-0.2, -0.15) is 4.98 Å². The lowest BCUT2D eigenvalue weighted by atomic mass is 10.1. The molecule has 0 spiro atoms. The van der Waals surface area contributed by atoms with Crippen LogP contribution in [0, 0.1) is 0 Å². The van der Waals surface area contributed by atoms with Gasteiger partial charge in [-0.05, 0) is 25.9 Å². The summed E-state index contributed by atoms with van der Waals surface area (Å²) >= 11 is 0. The zero-order chi connectivity index (χ0) is 13.7. The summed E-state index contributed by atoms with van der Waals surface area (Å²) in [5, 5.41) is 9.56. The Bertz CT molecular complexity index is 569. The van der Waals surface area contributed by atoms with Crippen LogP contribution in [0.1, 0.15) is 19.1 Å². The van der Waals surface area contributed by atoms with Gasteiger partial charge in [0.05, 0.1) is 12.6 Å². The second kappa shape index (κ2) is 4.54. The van der Waals surface area contributed by atoms with Gasteiger partial charge < -0.3 is 14.6 Å². The molecule has 7 nitrogen and oxygen atoms in total. The highest BCUT2D eigenvalue weighted by atomic mass is 16.6. The van der Waals surface area contributed by atoms with Crippen molar-refractivity contribution in [2.45, 2.75) is 37.3 Å². The van der Waals surface area contributed by atoms with Crippen LogP contribution in [0.5, 0.6) is 6.01 Å². The number of likely N-dealkylation sites (tertiary alicyclic amines) is 1. The maximum Gasteiger partial charge on any atom is 0.302 e. The summed E-state index contributed by atoms with van der Waals surface area (Å²) in [6.07, 6.45) is 3.20. The normalized spacial score (nSPS) is 35.9. The van der Waals surface area contributed by atoms with Gasteiger partial charge in [-0.25, -0.2) is 0 Å². The summed E-state index contributed by atoms with van der Waals surface area (Å²) < 4.78 is 13.5. The molecular formula is C13H17N3O4. The standard InChI is InChI=1S/C13H17N3O4/c17-7-8-10(15-4-1-2-5-15)11-12(19-8)16-6-3-9(18)14-13(16)20-11/h3,6,8,10-12,17H,1-2,4-5,7H2/t8-,10-,11+,12-/m1/s1. The summed E-state index contributed by atoms with van der Waals surface area (Å²) in [4.78, 5) is 17.5. The second-order valence-electron chi connectivity index (χ2n) is 5.52. The molecular weight excluding hydrogens is 262 g/mol. The average molecular weight is 279 g/mol. The molecule has 1 aromatic heterocycles. The Balaban J connectivity index is 1.68. The van der Waals surface area contributed by atoms with Crippen molar-refractivity contribution in [3.8, 4) is 6.01 Å². The Kier molecular flexibility index (Phi) is 2.80. The molecule has 108 valence electrons. The summed E-state index contributed by atoms with van der Waals surface area (Å²) in [5.41, 5.74) is -0.312. The summed E-state index contributed by atoms with van der Waals surface area (Å²) in [7, 11) is 0. The molecule has 2 fully saturated rings. The molecule has 7 heteroatoms. The van der Waals surface area contributed by atoms with Gasteiger partial charge in [0.25, 0.3) is 5.56 Å². The van der Waals surface area contributed by atoms with E-state index >= 15 is 0 Å². The third-order valence-electron chi connectivity index (χ3n) is 4.38. The first-order valence-electron chi connectivity index (χ1n) is 7.04. The van der Waals surface area contributed by atoms with E-state index in [4.69, 9.17) is 9.47 Å². The van der Waals surface area contributed by atoms with Gasteiger partial charge in [-0.1, -0.05) is 0 Å². The Hall–Kier alpha value is -1.44. The van der Waals surface area contributed by atoms with Crippen molar-refractivity contribution in [1.82, 2.24) is 14.5 Å². The number of aliphatic hydroxyl groups excluding tert-OH is 1. The predicted molar refractivity (Wildman–Crippen MR) is 68.5 cm³/mol. The zero-order valence-electron chi connectivity index (χ0n) is 11.0. The Morgan fingerprint density at radius 2 is 2.20 bits per heavy atom. The molecule has 0 radical (unpaired) electrons. The van der Waals surface area contributed by atoms with E-state index in [0.717, 1.165) is 25.9 Å². The lowest BCUT2D eigenvalue weighted by Crippen LogP contribution is -2.48. The fraction of sp³-hybridized carbons (Fsp3) is 0.692. The lowest BCUT2D eigenvalue weighted by Gasteiger charge is -2.29. The van der Waals surface area contributed by atoms with Crippen molar-refractivity contribution >= 4 is 0 Å². The molecule has 4 atom stereocenters. The van der Waals surface area contributed by atoms with Crippen molar-refractivity contribution in [1.29, 1.82) is 0 Å². The summed E-state index contributed by atoms with van der Waals surface area (Å²) in [6.45, 7) is 1.97. The van der Waals surface area contributed by atoms with Crippen LogP contribution < -0.4 is 10.3 Å². The highest BCUT2D eigenvalue weighted by molar-refractivity contribution is 5.12. The molecule has 0 aliphatic carbocycles. The van der Waals surface area contributed by atoms with E-state index in [1.807, 2.05) is 0 Å². The number of fused-ring (bicyclic) bond motifs is 3. The Morgan fingerprint density at radius 3 is 2.95 bits per heavy atom. The molecule has 1 aromatic rings. The Morgan fingerprint density at radius 1 is 1.40 bits per heavy atom. The van der Waals surface area contributed by atoms with Gasteiger partial charge in [0, 0.05) is 12.3 Å². The van der Waals surface area contributed by atoms with Gasteiger partial charge in [0.15, 0.2) is 12.3 Å². The van der Waals surface area contributed by atoms with Crippen LogP contribution >= 0.6 is 0 Å². The SMILES string of the molecule is O=c1ccn2c(n1)O[C@H]1[C@H](N3CCCC3)[C@@H](CO)O[C@H]12. The topological polar surface area (TPSA) is 76.8 Å². The van der Waals surface area contributed by atoms with Crippen LogP contribution in [-0.4, -0.2) is 57.5 Å². The van der Waals surface area contributed by atoms with Crippen molar-refractivity contribution in [3.05, 3.63) is 22.6 Å². The van der Waals surface area contributed by atoms with Gasteiger partial charge >= 0.3 is 6.01 Å². The minimum atomic E-state index is -0.312. The molecule has 0 bridgehead atoms. The molecule has 20 heavy (non-hydrogen) atoms. The number of ether oxygens (including phenoxy) is 2. The Labute approximate surface area is 115 Å². The van der Waals surface area contributed by atoms with E-state index in [1.54, 1.807) is 10.8 Å². The van der Waals surface area contributed by atoms with E-state index in [0.29, 0.717) is 6.01 Å². The number of hydrogen-bond acceptors (Lipinski definition) is 6. The minimum Gasteiger partial charge on any atom is -0.455 e. The van der Waals surface area contributed by atoms with E-state index in [1.165, 1.54) is 6.07 Å². The monoisotopic (exact) mass is 279 g/mol. The van der Waals surface area contributed by atoms with Crippen molar-refractivity contribution in [3.63, 3.8) is 0 Å². The maximum atomic E-state index is 11.3. The van der Waals surface area contributed by atoms with Crippen LogP contribution in [0.25, 0.3) is 0 Å². The molecule has 0 saturated carbocycles. The van der Waals surface area contributed by atoms with Gasteiger partial charge in [-0.3, -0.25) is 14.3 Å². The molecule has 0 amide bonds. The lowest BCUT2D eigenvalue weighted by molar-refractivity contribution is -0.0344. The van der Waals surface area contributed by atoms with Crippen molar-refractivity contribution < 1.29 is 14.6 Å². The molecule has 2 saturated heterocycles. The first-order valence-corrected chi connectivity index (χ1v) is 7.04. The summed E-state index contributed by atoms with van der Waals surface area (Å²) in [6, 6.07) is 1.73. The highest BCUT2D eigenvalue weighted by Crippen LogP contribution is 2.41. The fourth-order valence-electron chi connectivity index (χ4n) is 3.50. The van der Waals surface area contributed by atoms with Crippen LogP contribution in [0.2, 0.25) is 0 Å². The van der Waals surface area contributed by atoms with Gasteiger partial charge in [0.1, 0.15) is 6.10 Å². The van der Waals surface area contributed by atoms with Crippen LogP contribution in [0.4, 0.5) is 0 Å². The first-order chi connectivity index (χ1) is 9.78. The van der Waals surface area contributed by atoms with Gasteiger partial charge in [-0.15, -0.1) is 0 Å². The molecule has 0 unspecified atom stereocenters. The number of aromatic nitrogens is 2. The highest BCUT2D eigenvalue weighted by Gasteiger charge is 2.53. The number of nitrogens with zero attached hydrogens (tertiary/aromatic N) is 3. The van der Waals surface area contributed by atoms with Crippen molar-refractivity contribution in [2.24, 2.45) is 0 Å². The van der Waals surface area contributed by atoms with Crippen molar-refractivity contribution in [2.75, 3.05) is 19.7 Å². The van der Waals surface area contributed by atoms with E-state index in [-0.39, 0.29) is 36.6 Å². The largest absolute Gasteiger partial charge is 0.455 e. The fourth-order valence-corrected chi connectivity index (χ4v) is 3.50. The van der Waals surface area contributed by atoms with Crippen LogP contribution in [-0.2, 0) is 4.74 Å². The summed E-state index contributed by atoms with van der Waals surface area (Å²) in [5.74, 6) is 0. The van der Waals surface area contributed by atoms with Crippen LogP contribution in [0.15, 0.2) is 17.1 Å². The first kappa shape index (κ1) is 12.3. The molecule has 3 aliphatic rings. The quantitative estimate of drug-likeness (QED) is 0.776. The molecule has 4 rings (SSSR count). The minimum absolute atomic E-state index is 0.0179. The van der Waals surface area contributed by atoms with Crippen LogP contribution in [0.3, 0.4) is 0 Å². The number of hydrogen-bond donors (Lipinski definition) is 1. The zero-order valence-corrected chi connectivity index (χ0v) is 11.0. The predicted octanol–water partition coefficient (Wildman–Crippen LogP) is -0.642. The smallest absolute Gasteiger partial charge is 0.302 e. The second-order valence-corrected chi connectivity index (χ2v) is 5.52. The average Bonchev–Trinajstić information content (AvgIpc) is 3.11. The molecule has 4 heterocycles.